The van der Waals surface area contributed by atoms with Crippen LogP contribution in [0.25, 0.3) is 0 Å². The molecular weight excluding hydrogens is 769 g/mol. The summed E-state index contributed by atoms with van der Waals surface area (Å²) in [6, 6.07) is 0. The van der Waals surface area contributed by atoms with Crippen LogP contribution in [0, 0.1) is 0 Å². The number of unbranched alkanes of at least 4 members (excludes halogenated alkanes) is 23. The minimum Gasteiger partial charge on any atom is -0.462 e. The molecule has 0 radical (unpaired) electrons. The van der Waals surface area contributed by atoms with Gasteiger partial charge in [0.25, 0.3) is 0 Å². The van der Waals surface area contributed by atoms with Gasteiger partial charge in [-0.25, -0.2) is 0 Å². The Morgan fingerprint density at radius 1 is 0.339 bits per heavy atom. The lowest BCUT2D eigenvalue weighted by atomic mass is 10.1. The molecule has 1 unspecified atom stereocenters. The first kappa shape index (κ1) is 58.9. The molecule has 6 nitrogen and oxygen atoms in total. The molecule has 0 rings (SSSR count). The van der Waals surface area contributed by atoms with Crippen molar-refractivity contribution in [1.82, 2.24) is 0 Å². The van der Waals surface area contributed by atoms with Crippen LogP contribution in [0.2, 0.25) is 0 Å². The van der Waals surface area contributed by atoms with Gasteiger partial charge in [0.15, 0.2) is 6.10 Å². The predicted molar refractivity (Wildman–Crippen MR) is 265 cm³/mol. The molecule has 0 saturated heterocycles. The summed E-state index contributed by atoms with van der Waals surface area (Å²) in [7, 11) is 0. The Morgan fingerprint density at radius 2 is 0.629 bits per heavy atom. The Labute approximate surface area is 382 Å². The molecule has 1 atom stereocenters. The Kier molecular flexibility index (Phi) is 47.9. The molecule has 6 heteroatoms. The van der Waals surface area contributed by atoms with Crippen LogP contribution in [-0.2, 0) is 28.6 Å². The van der Waals surface area contributed by atoms with E-state index in [0.717, 1.165) is 103 Å². The highest BCUT2D eigenvalue weighted by molar-refractivity contribution is 5.71. The van der Waals surface area contributed by atoms with E-state index in [-0.39, 0.29) is 31.1 Å². The second-order valence-corrected chi connectivity index (χ2v) is 17.1. The van der Waals surface area contributed by atoms with Gasteiger partial charge in [0, 0.05) is 19.3 Å². The maximum atomic E-state index is 12.7. The lowest BCUT2D eigenvalue weighted by molar-refractivity contribution is -0.167. The first-order valence-electron chi connectivity index (χ1n) is 25.9. The van der Waals surface area contributed by atoms with Crippen LogP contribution in [0.4, 0.5) is 0 Å². The zero-order chi connectivity index (χ0) is 45.1. The van der Waals surface area contributed by atoms with Crippen LogP contribution in [-0.4, -0.2) is 37.2 Å². The molecule has 0 aliphatic carbocycles. The zero-order valence-electron chi connectivity index (χ0n) is 40.6. The molecule has 0 saturated carbocycles. The summed E-state index contributed by atoms with van der Waals surface area (Å²) in [5, 5.41) is 0. The van der Waals surface area contributed by atoms with E-state index in [9.17, 15) is 14.4 Å². The van der Waals surface area contributed by atoms with Gasteiger partial charge >= 0.3 is 17.9 Å². The van der Waals surface area contributed by atoms with Crippen molar-refractivity contribution in [2.24, 2.45) is 0 Å². The SMILES string of the molecule is CC/C=C\C/C=C\C/C=C\C/C=C\C/C=C\C/C=C\CCCCCCCCCCCCC(=O)OCC(COC(=O)CCCCCCC)OC(=O)CCCCCCCCCCCC. The number of ether oxygens (including phenoxy) is 3. The molecule has 0 aromatic carbocycles. The van der Waals surface area contributed by atoms with Gasteiger partial charge in [-0.3, -0.25) is 14.4 Å². The lowest BCUT2D eigenvalue weighted by Gasteiger charge is -2.18. The van der Waals surface area contributed by atoms with Crippen molar-refractivity contribution < 1.29 is 28.6 Å². The molecule has 0 fully saturated rings. The third kappa shape index (κ3) is 47.9. The standard InChI is InChI=1S/C56H96O6/c1-4-7-10-13-15-17-19-20-21-22-23-24-25-26-27-28-29-30-31-32-33-34-35-36-37-39-40-43-46-49-55(58)61-52-53(51-60-54(57)48-45-42-12-9-6-3)62-56(59)50-47-44-41-38-18-16-14-11-8-5-2/h7,10,15,17,20-21,23-24,26-27,29-30,53H,4-6,8-9,11-14,16,18-19,22,25,28,31-52H2,1-3H3/b10-7-,17-15-,21-20-,24-23-,27-26-,30-29-. The molecule has 0 bridgehead atoms. The number of allylic oxidation sites excluding steroid dienone is 12. The summed E-state index contributed by atoms with van der Waals surface area (Å²) in [5.74, 6) is -0.894. The van der Waals surface area contributed by atoms with E-state index in [0.29, 0.717) is 19.3 Å². The van der Waals surface area contributed by atoms with Crippen molar-refractivity contribution >= 4 is 17.9 Å². The molecule has 0 N–H and O–H groups in total. The van der Waals surface area contributed by atoms with E-state index < -0.39 is 6.10 Å². The largest absolute Gasteiger partial charge is 0.462 e. The molecule has 0 spiro atoms. The monoisotopic (exact) mass is 865 g/mol. The van der Waals surface area contributed by atoms with E-state index in [2.05, 4.69) is 93.7 Å². The fourth-order valence-corrected chi connectivity index (χ4v) is 7.09. The summed E-state index contributed by atoms with van der Waals surface area (Å²) >= 11 is 0. The van der Waals surface area contributed by atoms with Gasteiger partial charge in [0.2, 0.25) is 0 Å². The third-order valence-electron chi connectivity index (χ3n) is 11.0. The number of carbonyl (C=O) groups is 3. The normalized spacial score (nSPS) is 12.6. The highest BCUT2D eigenvalue weighted by Gasteiger charge is 2.19. The third-order valence-corrected chi connectivity index (χ3v) is 11.0. The van der Waals surface area contributed by atoms with Gasteiger partial charge in [0.05, 0.1) is 0 Å². The van der Waals surface area contributed by atoms with Crippen LogP contribution < -0.4 is 0 Å². The Hall–Kier alpha value is -3.15. The Balaban J connectivity index is 4.01. The van der Waals surface area contributed by atoms with E-state index in [1.807, 2.05) is 0 Å². The molecule has 0 aromatic rings. The van der Waals surface area contributed by atoms with Gasteiger partial charge in [-0.15, -0.1) is 0 Å². The fraction of sp³-hybridized carbons (Fsp3) is 0.732. The molecule has 0 aliphatic rings. The average molecular weight is 865 g/mol. The molecule has 62 heavy (non-hydrogen) atoms. The summed E-state index contributed by atoms with van der Waals surface area (Å²) in [6.45, 7) is 6.42. The van der Waals surface area contributed by atoms with Crippen molar-refractivity contribution in [1.29, 1.82) is 0 Å². The highest BCUT2D eigenvalue weighted by atomic mass is 16.6. The lowest BCUT2D eigenvalue weighted by Crippen LogP contribution is -2.30. The molecule has 0 amide bonds. The fourth-order valence-electron chi connectivity index (χ4n) is 7.09. The van der Waals surface area contributed by atoms with E-state index in [1.54, 1.807) is 0 Å². The molecule has 356 valence electrons. The van der Waals surface area contributed by atoms with Gasteiger partial charge in [-0.2, -0.15) is 0 Å². The second kappa shape index (κ2) is 50.5. The number of rotatable bonds is 46. The van der Waals surface area contributed by atoms with Crippen LogP contribution in [0.5, 0.6) is 0 Å². The van der Waals surface area contributed by atoms with Crippen molar-refractivity contribution in [3.05, 3.63) is 72.9 Å². The van der Waals surface area contributed by atoms with Gasteiger partial charge in [-0.1, -0.05) is 229 Å². The van der Waals surface area contributed by atoms with Gasteiger partial charge in [0.1, 0.15) is 13.2 Å². The van der Waals surface area contributed by atoms with E-state index in [1.165, 1.54) is 103 Å². The number of esters is 3. The second-order valence-electron chi connectivity index (χ2n) is 17.1. The highest BCUT2D eigenvalue weighted by Crippen LogP contribution is 2.15. The summed E-state index contributed by atoms with van der Waals surface area (Å²) in [5.41, 5.74) is 0. The topological polar surface area (TPSA) is 78.9 Å². The first-order chi connectivity index (χ1) is 30.5. The van der Waals surface area contributed by atoms with Crippen LogP contribution in [0.1, 0.15) is 245 Å². The smallest absolute Gasteiger partial charge is 0.306 e. The van der Waals surface area contributed by atoms with Crippen molar-refractivity contribution in [2.45, 2.75) is 252 Å². The van der Waals surface area contributed by atoms with E-state index >= 15 is 0 Å². The Morgan fingerprint density at radius 3 is 0.984 bits per heavy atom. The number of hydrogen-bond donors (Lipinski definition) is 0. The van der Waals surface area contributed by atoms with Crippen LogP contribution in [0.15, 0.2) is 72.9 Å². The predicted octanol–water partition coefficient (Wildman–Crippen LogP) is 17.0. The van der Waals surface area contributed by atoms with Gasteiger partial charge < -0.3 is 14.2 Å². The van der Waals surface area contributed by atoms with Gasteiger partial charge in [-0.05, 0) is 70.6 Å². The average Bonchev–Trinajstić information content (AvgIpc) is 3.27. The molecular formula is C56H96O6. The van der Waals surface area contributed by atoms with Crippen molar-refractivity contribution in [2.75, 3.05) is 13.2 Å². The van der Waals surface area contributed by atoms with Crippen LogP contribution >= 0.6 is 0 Å². The molecule has 0 aromatic heterocycles. The molecule has 0 heterocycles. The number of carbonyl (C=O) groups excluding carboxylic acids is 3. The molecule has 0 aliphatic heterocycles. The zero-order valence-corrected chi connectivity index (χ0v) is 40.6. The maximum absolute atomic E-state index is 12.7. The van der Waals surface area contributed by atoms with Crippen molar-refractivity contribution in [3.63, 3.8) is 0 Å². The number of hydrogen-bond acceptors (Lipinski definition) is 6. The minimum atomic E-state index is -0.768. The minimum absolute atomic E-state index is 0.0751. The Bertz CT molecular complexity index is 1180. The summed E-state index contributed by atoms with van der Waals surface area (Å²) in [4.78, 5) is 37.5. The summed E-state index contributed by atoms with van der Waals surface area (Å²) < 4.78 is 16.6. The summed E-state index contributed by atoms with van der Waals surface area (Å²) in [6.07, 6.45) is 63.7. The maximum Gasteiger partial charge on any atom is 0.306 e. The first-order valence-corrected chi connectivity index (χ1v) is 25.9. The van der Waals surface area contributed by atoms with Crippen molar-refractivity contribution in [3.8, 4) is 0 Å². The quantitative estimate of drug-likeness (QED) is 0.0262. The van der Waals surface area contributed by atoms with E-state index in [4.69, 9.17) is 14.2 Å². The van der Waals surface area contributed by atoms with Crippen LogP contribution in [0.3, 0.4) is 0 Å².